The highest BCUT2D eigenvalue weighted by molar-refractivity contribution is 6.31. The zero-order chi connectivity index (χ0) is 12.5. The van der Waals surface area contributed by atoms with E-state index in [1.165, 1.54) is 0 Å². The molecule has 0 aliphatic heterocycles. The molecule has 0 saturated carbocycles. The van der Waals surface area contributed by atoms with Crippen LogP contribution in [0.2, 0.25) is 5.15 Å². The first-order valence-corrected chi connectivity index (χ1v) is 6.57. The van der Waals surface area contributed by atoms with Gasteiger partial charge in [-0.1, -0.05) is 39.3 Å². The van der Waals surface area contributed by atoms with E-state index in [4.69, 9.17) is 23.2 Å². The second-order valence-corrected chi connectivity index (χ2v) is 5.83. The molecule has 4 heteroatoms. The summed E-state index contributed by atoms with van der Waals surface area (Å²) in [6, 6.07) is 0.311. The molecule has 1 rings (SSSR count). The van der Waals surface area contributed by atoms with Gasteiger partial charge in [0.2, 0.25) is 0 Å². The van der Waals surface area contributed by atoms with Gasteiger partial charge < -0.3 is 0 Å². The van der Waals surface area contributed by atoms with Crippen molar-refractivity contribution < 1.29 is 0 Å². The highest BCUT2D eigenvalue weighted by atomic mass is 35.5. The SMILES string of the molecule is CCC(C)n1nc(C(C)(C)C)c(CCl)c1Cl. The van der Waals surface area contributed by atoms with Crippen molar-refractivity contribution in [2.75, 3.05) is 0 Å². The second kappa shape index (κ2) is 4.97. The van der Waals surface area contributed by atoms with Crippen molar-refractivity contribution in [1.82, 2.24) is 9.78 Å². The van der Waals surface area contributed by atoms with Gasteiger partial charge in [-0.3, -0.25) is 4.68 Å². The van der Waals surface area contributed by atoms with Gasteiger partial charge in [0.15, 0.2) is 0 Å². The molecule has 1 aromatic heterocycles. The summed E-state index contributed by atoms with van der Waals surface area (Å²) < 4.78 is 1.89. The van der Waals surface area contributed by atoms with E-state index in [1.54, 1.807) is 0 Å². The van der Waals surface area contributed by atoms with E-state index in [0.717, 1.165) is 17.7 Å². The van der Waals surface area contributed by atoms with Crippen LogP contribution in [0, 0.1) is 0 Å². The van der Waals surface area contributed by atoms with Crippen LogP contribution in [0.3, 0.4) is 0 Å². The Hall–Kier alpha value is -0.210. The van der Waals surface area contributed by atoms with Gasteiger partial charge in [0.1, 0.15) is 5.15 Å². The molecule has 1 unspecified atom stereocenters. The van der Waals surface area contributed by atoms with Crippen LogP contribution in [-0.2, 0) is 11.3 Å². The Balaban J connectivity index is 3.31. The van der Waals surface area contributed by atoms with Gasteiger partial charge in [-0.15, -0.1) is 11.6 Å². The van der Waals surface area contributed by atoms with Crippen molar-refractivity contribution in [3.05, 3.63) is 16.4 Å². The Morgan fingerprint density at radius 1 is 1.38 bits per heavy atom. The molecule has 0 radical (unpaired) electrons. The van der Waals surface area contributed by atoms with Gasteiger partial charge in [-0.05, 0) is 13.3 Å². The fourth-order valence-corrected chi connectivity index (χ4v) is 2.32. The topological polar surface area (TPSA) is 17.8 Å². The minimum Gasteiger partial charge on any atom is -0.251 e. The lowest BCUT2D eigenvalue weighted by Gasteiger charge is -2.16. The number of alkyl halides is 1. The smallest absolute Gasteiger partial charge is 0.132 e. The van der Waals surface area contributed by atoms with E-state index in [-0.39, 0.29) is 5.41 Å². The van der Waals surface area contributed by atoms with Gasteiger partial charge in [0.25, 0.3) is 0 Å². The average molecular weight is 263 g/mol. The number of nitrogens with zero attached hydrogens (tertiary/aromatic N) is 2. The summed E-state index contributed by atoms with van der Waals surface area (Å²) in [5.74, 6) is 0.419. The van der Waals surface area contributed by atoms with E-state index in [0.29, 0.717) is 17.1 Å². The summed E-state index contributed by atoms with van der Waals surface area (Å²) in [6.45, 7) is 10.6. The molecule has 1 heterocycles. The number of hydrogen-bond acceptors (Lipinski definition) is 1. The van der Waals surface area contributed by atoms with E-state index in [2.05, 4.69) is 39.7 Å². The predicted molar refractivity (Wildman–Crippen MR) is 70.5 cm³/mol. The molecule has 0 spiro atoms. The van der Waals surface area contributed by atoms with Gasteiger partial charge in [-0.25, -0.2) is 0 Å². The first-order chi connectivity index (χ1) is 7.32. The summed E-state index contributed by atoms with van der Waals surface area (Å²) in [6.07, 6.45) is 1.01. The second-order valence-electron chi connectivity index (χ2n) is 5.20. The highest BCUT2D eigenvalue weighted by Crippen LogP contribution is 2.33. The maximum absolute atomic E-state index is 6.33. The lowest BCUT2D eigenvalue weighted by Crippen LogP contribution is -2.15. The maximum Gasteiger partial charge on any atom is 0.132 e. The molecule has 0 amide bonds. The van der Waals surface area contributed by atoms with Gasteiger partial charge in [0, 0.05) is 11.0 Å². The van der Waals surface area contributed by atoms with Gasteiger partial charge in [0.05, 0.1) is 17.6 Å². The summed E-state index contributed by atoms with van der Waals surface area (Å²) in [7, 11) is 0. The number of hydrogen-bond donors (Lipinski definition) is 0. The van der Waals surface area contributed by atoms with Crippen LogP contribution in [0.15, 0.2) is 0 Å². The fraction of sp³-hybridized carbons (Fsp3) is 0.750. The van der Waals surface area contributed by atoms with E-state index < -0.39 is 0 Å². The zero-order valence-electron chi connectivity index (χ0n) is 10.6. The van der Waals surface area contributed by atoms with Gasteiger partial charge >= 0.3 is 0 Å². The molecular formula is C12H20Cl2N2. The Morgan fingerprint density at radius 3 is 2.25 bits per heavy atom. The maximum atomic E-state index is 6.33. The first kappa shape index (κ1) is 13.9. The van der Waals surface area contributed by atoms with Crippen LogP contribution in [0.25, 0.3) is 0 Å². The number of rotatable bonds is 3. The molecule has 0 aliphatic carbocycles. The van der Waals surface area contributed by atoms with Crippen molar-refractivity contribution in [2.45, 2.75) is 58.4 Å². The molecule has 0 aromatic carbocycles. The van der Waals surface area contributed by atoms with Crippen LogP contribution >= 0.6 is 23.2 Å². The Labute approximate surface area is 108 Å². The van der Waals surface area contributed by atoms with Crippen molar-refractivity contribution >= 4 is 23.2 Å². The van der Waals surface area contributed by atoms with Crippen LogP contribution in [0.1, 0.15) is 58.3 Å². The van der Waals surface area contributed by atoms with E-state index in [9.17, 15) is 0 Å². The fourth-order valence-electron chi connectivity index (χ4n) is 1.63. The molecule has 0 bridgehead atoms. The molecular weight excluding hydrogens is 243 g/mol. The van der Waals surface area contributed by atoms with Crippen LogP contribution < -0.4 is 0 Å². The summed E-state index contributed by atoms with van der Waals surface area (Å²) in [5.41, 5.74) is 1.95. The van der Waals surface area contributed by atoms with Crippen molar-refractivity contribution in [3.63, 3.8) is 0 Å². The molecule has 92 valence electrons. The van der Waals surface area contributed by atoms with Crippen LogP contribution in [-0.4, -0.2) is 9.78 Å². The molecule has 2 nitrogen and oxygen atoms in total. The zero-order valence-corrected chi connectivity index (χ0v) is 12.2. The molecule has 0 fully saturated rings. The van der Waals surface area contributed by atoms with Crippen molar-refractivity contribution in [1.29, 1.82) is 0 Å². The van der Waals surface area contributed by atoms with Gasteiger partial charge in [-0.2, -0.15) is 5.10 Å². The molecule has 0 N–H and O–H groups in total. The predicted octanol–water partition coefficient (Wildman–Crippen LogP) is 4.54. The highest BCUT2D eigenvalue weighted by Gasteiger charge is 2.26. The number of aromatic nitrogens is 2. The average Bonchev–Trinajstić information content (AvgIpc) is 2.53. The third-order valence-corrected chi connectivity index (χ3v) is 3.46. The van der Waals surface area contributed by atoms with Crippen molar-refractivity contribution in [2.24, 2.45) is 0 Å². The quantitative estimate of drug-likeness (QED) is 0.732. The summed E-state index contributed by atoms with van der Waals surface area (Å²) in [4.78, 5) is 0. The molecule has 16 heavy (non-hydrogen) atoms. The molecule has 0 saturated heterocycles. The third-order valence-electron chi connectivity index (χ3n) is 2.80. The van der Waals surface area contributed by atoms with Crippen molar-refractivity contribution in [3.8, 4) is 0 Å². The van der Waals surface area contributed by atoms with E-state index >= 15 is 0 Å². The molecule has 1 aromatic rings. The monoisotopic (exact) mass is 262 g/mol. The Bertz CT molecular complexity index is 364. The first-order valence-electron chi connectivity index (χ1n) is 5.66. The minimum atomic E-state index is -0.0213. The van der Waals surface area contributed by atoms with E-state index in [1.807, 2.05) is 4.68 Å². The molecule has 0 aliphatic rings. The molecule has 1 atom stereocenters. The standard InChI is InChI=1S/C12H20Cl2N2/c1-6-8(2)16-11(14)9(7-13)10(15-16)12(3,4)5/h8H,6-7H2,1-5H3. The normalized spacial score (nSPS) is 14.2. The summed E-state index contributed by atoms with van der Waals surface area (Å²) >= 11 is 12.3. The largest absolute Gasteiger partial charge is 0.251 e. The Kier molecular flexibility index (Phi) is 4.30. The van der Waals surface area contributed by atoms with Crippen LogP contribution in [0.5, 0.6) is 0 Å². The lowest BCUT2D eigenvalue weighted by atomic mass is 9.90. The third kappa shape index (κ3) is 2.54. The Morgan fingerprint density at radius 2 is 1.94 bits per heavy atom. The summed E-state index contributed by atoms with van der Waals surface area (Å²) in [5, 5.41) is 5.31. The minimum absolute atomic E-state index is 0.0213. The number of halogens is 2. The lowest BCUT2D eigenvalue weighted by molar-refractivity contribution is 0.458. The van der Waals surface area contributed by atoms with Crippen LogP contribution in [0.4, 0.5) is 0 Å².